The van der Waals surface area contributed by atoms with E-state index in [-0.39, 0.29) is 11.3 Å². The minimum absolute atomic E-state index is 0.0971. The molecule has 0 aliphatic carbocycles. The number of aromatic nitrogens is 2. The number of hydrogen-bond donors (Lipinski definition) is 0. The van der Waals surface area contributed by atoms with Crippen LogP contribution in [0, 0.1) is 0 Å². The molecule has 0 aromatic carbocycles. The molecule has 1 aliphatic rings. The molecule has 1 fully saturated rings. The second-order valence-corrected chi connectivity index (χ2v) is 9.55. The van der Waals surface area contributed by atoms with Gasteiger partial charge in [0.2, 0.25) is 0 Å². The van der Waals surface area contributed by atoms with Crippen molar-refractivity contribution < 1.29 is 8.42 Å². The molecular formula is C13H17N3O3S2. The van der Waals surface area contributed by atoms with E-state index >= 15 is 0 Å². The molecule has 0 saturated carbocycles. The first-order valence-electron chi connectivity index (χ1n) is 6.69. The zero-order chi connectivity index (χ0) is 15.3. The lowest BCUT2D eigenvalue weighted by molar-refractivity contribution is 0.239. The van der Waals surface area contributed by atoms with Gasteiger partial charge in [-0.05, 0) is 13.8 Å². The van der Waals surface area contributed by atoms with Crippen LogP contribution in [-0.4, -0.2) is 46.3 Å². The van der Waals surface area contributed by atoms with E-state index < -0.39 is 14.6 Å². The first-order valence-corrected chi connectivity index (χ1v) is 9.22. The summed E-state index contributed by atoms with van der Waals surface area (Å²) < 4.78 is 24.8. The van der Waals surface area contributed by atoms with Crippen LogP contribution < -0.4 is 5.56 Å². The maximum atomic E-state index is 12.0. The zero-order valence-electron chi connectivity index (χ0n) is 11.9. The van der Waals surface area contributed by atoms with Gasteiger partial charge in [-0.1, -0.05) is 0 Å². The topological polar surface area (TPSA) is 71.8 Å². The van der Waals surface area contributed by atoms with Crippen LogP contribution >= 0.6 is 11.3 Å². The lowest BCUT2D eigenvalue weighted by Crippen LogP contribution is -2.52. The van der Waals surface area contributed by atoms with E-state index in [1.165, 1.54) is 21.8 Å². The summed E-state index contributed by atoms with van der Waals surface area (Å²) in [6, 6.07) is 1.52. The van der Waals surface area contributed by atoms with E-state index in [4.69, 9.17) is 0 Å². The van der Waals surface area contributed by atoms with Crippen molar-refractivity contribution in [2.45, 2.75) is 25.1 Å². The standard InChI is InChI=1S/C13H17N3O3S2/c1-13(2)9-15(4-6-21(13,18)19)8-10-7-11(17)16-3-5-20-12(16)14-10/h3,5,7H,4,6,8-9H2,1-2H3. The van der Waals surface area contributed by atoms with Gasteiger partial charge in [0.1, 0.15) is 0 Å². The molecule has 3 heterocycles. The van der Waals surface area contributed by atoms with Gasteiger partial charge in [-0.15, -0.1) is 11.3 Å². The predicted molar refractivity (Wildman–Crippen MR) is 82.5 cm³/mol. The summed E-state index contributed by atoms with van der Waals surface area (Å²) in [4.78, 5) is 19.1. The van der Waals surface area contributed by atoms with Gasteiger partial charge in [0.25, 0.3) is 5.56 Å². The second-order valence-electron chi connectivity index (χ2n) is 5.93. The molecule has 0 spiro atoms. The van der Waals surface area contributed by atoms with Crippen molar-refractivity contribution in [3.8, 4) is 0 Å². The van der Waals surface area contributed by atoms with Crippen LogP contribution in [0.5, 0.6) is 0 Å². The van der Waals surface area contributed by atoms with E-state index in [1.807, 2.05) is 10.3 Å². The Morgan fingerprint density at radius 3 is 2.90 bits per heavy atom. The molecule has 8 heteroatoms. The van der Waals surface area contributed by atoms with Crippen molar-refractivity contribution in [1.29, 1.82) is 0 Å². The van der Waals surface area contributed by atoms with Crippen LogP contribution in [0.1, 0.15) is 19.5 Å². The van der Waals surface area contributed by atoms with Crippen molar-refractivity contribution in [3.05, 3.63) is 33.7 Å². The van der Waals surface area contributed by atoms with Crippen molar-refractivity contribution >= 4 is 26.1 Å². The minimum Gasteiger partial charge on any atom is -0.295 e. The number of sulfone groups is 1. The number of hydrogen-bond acceptors (Lipinski definition) is 6. The van der Waals surface area contributed by atoms with Crippen molar-refractivity contribution in [1.82, 2.24) is 14.3 Å². The van der Waals surface area contributed by atoms with Gasteiger partial charge in [-0.2, -0.15) is 0 Å². The molecule has 0 amide bonds. The highest BCUT2D eigenvalue weighted by Gasteiger charge is 2.39. The number of fused-ring (bicyclic) bond motifs is 1. The fourth-order valence-corrected chi connectivity index (χ4v) is 4.74. The number of rotatable bonds is 2. The molecule has 1 saturated heterocycles. The molecule has 0 N–H and O–H groups in total. The Morgan fingerprint density at radius 2 is 2.19 bits per heavy atom. The van der Waals surface area contributed by atoms with Crippen molar-refractivity contribution in [2.24, 2.45) is 0 Å². The summed E-state index contributed by atoms with van der Waals surface area (Å²) in [5.41, 5.74) is 0.595. The van der Waals surface area contributed by atoms with E-state index in [9.17, 15) is 13.2 Å². The predicted octanol–water partition coefficient (Wildman–Crippen LogP) is 0.765. The third-order valence-corrected chi connectivity index (χ3v) is 7.15. The molecule has 1 aliphatic heterocycles. The molecule has 0 unspecified atom stereocenters. The SMILES string of the molecule is CC1(C)CN(Cc2cc(=O)n3ccsc3n2)CCS1(=O)=O. The fraction of sp³-hybridized carbons (Fsp3) is 0.538. The highest BCUT2D eigenvalue weighted by Crippen LogP contribution is 2.24. The van der Waals surface area contributed by atoms with Gasteiger partial charge in [-0.3, -0.25) is 14.1 Å². The Labute approximate surface area is 127 Å². The van der Waals surface area contributed by atoms with E-state index in [0.717, 1.165) is 0 Å². The van der Waals surface area contributed by atoms with Crippen LogP contribution in [0.4, 0.5) is 0 Å². The lowest BCUT2D eigenvalue weighted by Gasteiger charge is -2.37. The smallest absolute Gasteiger partial charge is 0.258 e. The maximum Gasteiger partial charge on any atom is 0.258 e. The van der Waals surface area contributed by atoms with Crippen LogP contribution in [0.25, 0.3) is 4.96 Å². The molecule has 2 aromatic rings. The summed E-state index contributed by atoms with van der Waals surface area (Å²) in [5.74, 6) is 0.153. The molecule has 0 atom stereocenters. The van der Waals surface area contributed by atoms with E-state index in [2.05, 4.69) is 4.98 Å². The van der Waals surface area contributed by atoms with Gasteiger partial charge >= 0.3 is 0 Å². The quantitative estimate of drug-likeness (QED) is 0.814. The molecule has 6 nitrogen and oxygen atoms in total. The lowest BCUT2D eigenvalue weighted by atomic mass is 10.2. The molecule has 2 aromatic heterocycles. The first kappa shape index (κ1) is 14.7. The third kappa shape index (κ3) is 2.63. The number of thiazole rings is 1. The van der Waals surface area contributed by atoms with Crippen LogP contribution in [-0.2, 0) is 16.4 Å². The van der Waals surface area contributed by atoms with E-state index in [1.54, 1.807) is 20.0 Å². The fourth-order valence-electron chi connectivity index (χ4n) is 2.57. The Bertz CT molecular complexity index is 836. The van der Waals surface area contributed by atoms with E-state index in [0.29, 0.717) is 30.3 Å². The molecule has 0 radical (unpaired) electrons. The average molecular weight is 327 g/mol. The van der Waals surface area contributed by atoms with Gasteiger partial charge in [-0.25, -0.2) is 13.4 Å². The second kappa shape index (κ2) is 4.89. The zero-order valence-corrected chi connectivity index (χ0v) is 13.6. The highest BCUT2D eigenvalue weighted by molar-refractivity contribution is 7.92. The van der Waals surface area contributed by atoms with Gasteiger partial charge in [0.05, 0.1) is 16.2 Å². The van der Waals surface area contributed by atoms with Crippen LogP contribution in [0.3, 0.4) is 0 Å². The summed E-state index contributed by atoms with van der Waals surface area (Å²) in [6.45, 7) is 4.94. The van der Waals surface area contributed by atoms with Crippen LogP contribution in [0.2, 0.25) is 0 Å². The minimum atomic E-state index is -3.05. The molecule has 114 valence electrons. The Morgan fingerprint density at radius 1 is 1.43 bits per heavy atom. The summed E-state index contributed by atoms with van der Waals surface area (Å²) in [5, 5.41) is 1.82. The molecular weight excluding hydrogens is 310 g/mol. The monoisotopic (exact) mass is 327 g/mol. The Balaban J connectivity index is 1.85. The van der Waals surface area contributed by atoms with Crippen molar-refractivity contribution in [2.75, 3.05) is 18.8 Å². The van der Waals surface area contributed by atoms with Gasteiger partial charge < -0.3 is 0 Å². The highest BCUT2D eigenvalue weighted by atomic mass is 32.2. The molecule has 21 heavy (non-hydrogen) atoms. The Kier molecular flexibility index (Phi) is 3.42. The normalized spacial score (nSPS) is 21.6. The summed E-state index contributed by atoms with van der Waals surface area (Å²) in [7, 11) is -3.05. The molecule has 0 bridgehead atoms. The summed E-state index contributed by atoms with van der Waals surface area (Å²) in [6.07, 6.45) is 1.70. The first-order chi connectivity index (χ1) is 9.78. The number of nitrogens with zero attached hydrogens (tertiary/aromatic N) is 3. The molecule has 3 rings (SSSR count). The summed E-state index contributed by atoms with van der Waals surface area (Å²) >= 11 is 1.41. The van der Waals surface area contributed by atoms with Gasteiger partial charge in [0, 0.05) is 37.3 Å². The third-order valence-electron chi connectivity index (χ3n) is 3.86. The Hall–Kier alpha value is -1.25. The largest absolute Gasteiger partial charge is 0.295 e. The van der Waals surface area contributed by atoms with Gasteiger partial charge in [0.15, 0.2) is 14.8 Å². The maximum absolute atomic E-state index is 12.0. The van der Waals surface area contributed by atoms with Crippen LogP contribution in [0.15, 0.2) is 22.4 Å². The van der Waals surface area contributed by atoms with Crippen molar-refractivity contribution in [3.63, 3.8) is 0 Å². The average Bonchev–Trinajstić information content (AvgIpc) is 2.83.